The Morgan fingerprint density at radius 1 is 0.962 bits per heavy atom. The lowest BCUT2D eigenvalue weighted by Gasteiger charge is -2.28. The molecule has 1 aromatic carbocycles. The van der Waals surface area contributed by atoms with Gasteiger partial charge < -0.3 is 15.1 Å². The Bertz CT molecular complexity index is 631. The standard InChI is InChI=1S/C20H29N3O2S/c1-26-18-11-6-5-10-17(18)21-20(25)23-13-7-12-22(14-15-23)19(24)16-8-3-2-4-9-16/h5-6,10-11,16H,2-4,7-9,12-15H2,1H3,(H,21,25). The second-order valence-electron chi connectivity index (χ2n) is 7.13. The van der Waals surface area contributed by atoms with E-state index in [0.717, 1.165) is 36.4 Å². The maximum absolute atomic E-state index is 12.8. The molecular weight excluding hydrogens is 346 g/mol. The molecule has 1 aromatic rings. The maximum Gasteiger partial charge on any atom is 0.321 e. The molecule has 6 heteroatoms. The van der Waals surface area contributed by atoms with Crippen LogP contribution in [-0.4, -0.2) is 54.2 Å². The van der Waals surface area contributed by atoms with Crippen molar-refractivity contribution in [3.05, 3.63) is 24.3 Å². The van der Waals surface area contributed by atoms with Crippen molar-refractivity contribution < 1.29 is 9.59 Å². The van der Waals surface area contributed by atoms with Crippen molar-refractivity contribution in [1.29, 1.82) is 0 Å². The highest BCUT2D eigenvalue weighted by Crippen LogP contribution is 2.27. The maximum atomic E-state index is 12.8. The summed E-state index contributed by atoms with van der Waals surface area (Å²) >= 11 is 1.62. The number of carbonyl (C=O) groups excluding carboxylic acids is 2. The third-order valence-corrected chi connectivity index (χ3v) is 6.19. The largest absolute Gasteiger partial charge is 0.341 e. The number of thioether (sulfide) groups is 1. The molecule has 3 rings (SSSR count). The molecule has 0 radical (unpaired) electrons. The van der Waals surface area contributed by atoms with Crippen LogP contribution in [0.15, 0.2) is 29.2 Å². The first-order valence-corrected chi connectivity index (χ1v) is 10.9. The van der Waals surface area contributed by atoms with Crippen LogP contribution in [0.2, 0.25) is 0 Å². The Labute approximate surface area is 160 Å². The molecule has 26 heavy (non-hydrogen) atoms. The van der Waals surface area contributed by atoms with Crippen molar-refractivity contribution in [2.45, 2.75) is 43.4 Å². The number of nitrogens with one attached hydrogen (secondary N) is 1. The molecule has 0 atom stereocenters. The molecule has 1 saturated heterocycles. The Balaban J connectivity index is 1.56. The average Bonchev–Trinajstić information content (AvgIpc) is 2.95. The van der Waals surface area contributed by atoms with E-state index in [4.69, 9.17) is 0 Å². The van der Waals surface area contributed by atoms with E-state index in [1.807, 2.05) is 40.3 Å². The van der Waals surface area contributed by atoms with Gasteiger partial charge in [0.2, 0.25) is 5.91 Å². The fraction of sp³-hybridized carbons (Fsp3) is 0.600. The van der Waals surface area contributed by atoms with Crippen molar-refractivity contribution in [1.82, 2.24) is 9.80 Å². The molecule has 3 amide bonds. The zero-order valence-corrected chi connectivity index (χ0v) is 16.4. The van der Waals surface area contributed by atoms with Gasteiger partial charge in [-0.1, -0.05) is 31.4 Å². The summed E-state index contributed by atoms with van der Waals surface area (Å²) in [6, 6.07) is 7.77. The molecule has 1 saturated carbocycles. The highest BCUT2D eigenvalue weighted by Gasteiger charge is 2.28. The third-order valence-electron chi connectivity index (χ3n) is 5.40. The number of amides is 3. The number of hydrogen-bond donors (Lipinski definition) is 1. The van der Waals surface area contributed by atoms with Crippen LogP contribution in [0, 0.1) is 5.92 Å². The molecule has 1 N–H and O–H groups in total. The number of anilines is 1. The predicted molar refractivity (Wildman–Crippen MR) is 107 cm³/mol. The Kier molecular flexibility index (Phi) is 6.83. The van der Waals surface area contributed by atoms with E-state index >= 15 is 0 Å². The molecule has 142 valence electrons. The van der Waals surface area contributed by atoms with Gasteiger partial charge in [-0.15, -0.1) is 11.8 Å². The summed E-state index contributed by atoms with van der Waals surface area (Å²) in [5.74, 6) is 0.511. The summed E-state index contributed by atoms with van der Waals surface area (Å²) in [5, 5.41) is 3.03. The van der Waals surface area contributed by atoms with Gasteiger partial charge in [0.15, 0.2) is 0 Å². The molecule has 0 bridgehead atoms. The van der Waals surface area contributed by atoms with Crippen LogP contribution in [-0.2, 0) is 4.79 Å². The highest BCUT2D eigenvalue weighted by molar-refractivity contribution is 7.98. The lowest BCUT2D eigenvalue weighted by atomic mass is 9.88. The van der Waals surface area contributed by atoms with Gasteiger partial charge in [0.05, 0.1) is 5.69 Å². The zero-order chi connectivity index (χ0) is 18.4. The van der Waals surface area contributed by atoms with E-state index in [1.165, 1.54) is 19.3 Å². The van der Waals surface area contributed by atoms with Crippen molar-refractivity contribution in [2.24, 2.45) is 5.92 Å². The van der Waals surface area contributed by atoms with Gasteiger partial charge in [-0.2, -0.15) is 0 Å². The first-order valence-electron chi connectivity index (χ1n) is 9.67. The number of urea groups is 1. The highest BCUT2D eigenvalue weighted by atomic mass is 32.2. The summed E-state index contributed by atoms with van der Waals surface area (Å²) in [6.45, 7) is 2.71. The molecule has 2 aliphatic rings. The van der Waals surface area contributed by atoms with Crippen LogP contribution in [0.4, 0.5) is 10.5 Å². The Hall–Kier alpha value is -1.69. The first kappa shape index (κ1) is 19.1. The predicted octanol–water partition coefficient (Wildman–Crippen LogP) is 4.06. The van der Waals surface area contributed by atoms with Crippen LogP contribution in [0.5, 0.6) is 0 Å². The molecule has 1 aliphatic carbocycles. The summed E-state index contributed by atoms with van der Waals surface area (Å²) < 4.78 is 0. The molecule has 0 unspecified atom stereocenters. The van der Waals surface area contributed by atoms with Gasteiger partial charge in [-0.25, -0.2) is 4.79 Å². The van der Waals surface area contributed by atoms with Crippen molar-refractivity contribution >= 4 is 29.4 Å². The molecule has 1 aliphatic heterocycles. The average molecular weight is 376 g/mol. The van der Waals surface area contributed by atoms with E-state index in [1.54, 1.807) is 11.8 Å². The summed E-state index contributed by atoms with van der Waals surface area (Å²) in [5.41, 5.74) is 0.851. The number of para-hydroxylation sites is 1. The number of benzene rings is 1. The molecule has 1 heterocycles. The smallest absolute Gasteiger partial charge is 0.321 e. The van der Waals surface area contributed by atoms with Crippen molar-refractivity contribution in [3.63, 3.8) is 0 Å². The van der Waals surface area contributed by atoms with Gasteiger partial charge in [0, 0.05) is 37.0 Å². The second kappa shape index (κ2) is 9.31. The van der Waals surface area contributed by atoms with E-state index in [2.05, 4.69) is 5.32 Å². The minimum atomic E-state index is -0.0709. The normalized spacial score (nSPS) is 19.1. The summed E-state index contributed by atoms with van der Waals surface area (Å²) in [7, 11) is 0. The van der Waals surface area contributed by atoms with Crippen LogP contribution in [0.3, 0.4) is 0 Å². The SMILES string of the molecule is CSc1ccccc1NC(=O)N1CCCN(C(=O)C2CCCCC2)CC1. The second-order valence-corrected chi connectivity index (χ2v) is 7.98. The van der Waals surface area contributed by atoms with Crippen molar-refractivity contribution in [3.8, 4) is 0 Å². The Morgan fingerprint density at radius 2 is 1.65 bits per heavy atom. The fourth-order valence-electron chi connectivity index (χ4n) is 3.89. The van der Waals surface area contributed by atoms with Crippen molar-refractivity contribution in [2.75, 3.05) is 37.8 Å². The summed E-state index contributed by atoms with van der Waals surface area (Å²) in [4.78, 5) is 30.3. The number of hydrogen-bond acceptors (Lipinski definition) is 3. The third kappa shape index (κ3) is 4.72. The van der Waals surface area contributed by atoms with Gasteiger partial charge in [0.25, 0.3) is 0 Å². The van der Waals surface area contributed by atoms with Crippen LogP contribution in [0.25, 0.3) is 0 Å². The Morgan fingerprint density at radius 3 is 2.42 bits per heavy atom. The van der Waals surface area contributed by atoms with Crippen LogP contribution < -0.4 is 5.32 Å². The van der Waals surface area contributed by atoms with Crippen LogP contribution >= 0.6 is 11.8 Å². The summed E-state index contributed by atoms with van der Waals surface area (Å²) in [6.07, 6.45) is 8.52. The van der Waals surface area contributed by atoms with Gasteiger partial charge >= 0.3 is 6.03 Å². The molecule has 0 aromatic heterocycles. The van der Waals surface area contributed by atoms with E-state index in [0.29, 0.717) is 25.5 Å². The van der Waals surface area contributed by atoms with E-state index in [-0.39, 0.29) is 11.9 Å². The quantitative estimate of drug-likeness (QED) is 0.811. The molecular formula is C20H29N3O2S. The fourth-order valence-corrected chi connectivity index (χ4v) is 4.44. The number of nitrogens with zero attached hydrogens (tertiary/aromatic N) is 2. The first-order chi connectivity index (χ1) is 12.7. The zero-order valence-electron chi connectivity index (χ0n) is 15.6. The molecule has 5 nitrogen and oxygen atoms in total. The molecule has 2 fully saturated rings. The minimum Gasteiger partial charge on any atom is -0.341 e. The lowest BCUT2D eigenvalue weighted by molar-refractivity contribution is -0.136. The number of rotatable bonds is 3. The lowest BCUT2D eigenvalue weighted by Crippen LogP contribution is -2.41. The van der Waals surface area contributed by atoms with E-state index < -0.39 is 0 Å². The topological polar surface area (TPSA) is 52.7 Å². The minimum absolute atomic E-state index is 0.0709. The van der Waals surface area contributed by atoms with E-state index in [9.17, 15) is 9.59 Å². The molecule has 0 spiro atoms. The van der Waals surface area contributed by atoms with Gasteiger partial charge in [-0.3, -0.25) is 4.79 Å². The van der Waals surface area contributed by atoms with Crippen LogP contribution in [0.1, 0.15) is 38.5 Å². The van der Waals surface area contributed by atoms with Gasteiger partial charge in [-0.05, 0) is 37.7 Å². The number of carbonyl (C=O) groups is 2. The monoisotopic (exact) mass is 375 g/mol. The van der Waals surface area contributed by atoms with Gasteiger partial charge in [0.1, 0.15) is 0 Å².